The Morgan fingerprint density at radius 2 is 1.74 bits per heavy atom. The number of carbonyl (C=O) groups is 2. The van der Waals surface area contributed by atoms with Crippen molar-refractivity contribution in [1.82, 2.24) is 0 Å². The molecule has 2 aromatic rings. The van der Waals surface area contributed by atoms with Crippen LogP contribution in [0.2, 0.25) is 10.0 Å². The third-order valence-corrected chi connectivity index (χ3v) is 6.70. The maximum absolute atomic E-state index is 12.4. The van der Waals surface area contributed by atoms with Crippen molar-refractivity contribution in [2.45, 2.75) is 13.8 Å². The van der Waals surface area contributed by atoms with E-state index in [0.717, 1.165) is 4.31 Å². The van der Waals surface area contributed by atoms with Crippen molar-refractivity contribution >= 4 is 56.4 Å². The van der Waals surface area contributed by atoms with Gasteiger partial charge in [-0.25, -0.2) is 12.7 Å². The molecule has 9 heteroatoms. The summed E-state index contributed by atoms with van der Waals surface area (Å²) in [7, 11) is -3.74. The SMILES string of the molecule is CC1(C)CS(=O)(=O)N(c2ccc(C(=O)Nc3ccc(Cl)cc3Cl)cc2)C1=O. The number of sulfonamides is 1. The number of anilines is 2. The predicted molar refractivity (Wildman–Crippen MR) is 106 cm³/mol. The highest BCUT2D eigenvalue weighted by molar-refractivity contribution is 7.94. The van der Waals surface area contributed by atoms with Gasteiger partial charge in [0.1, 0.15) is 0 Å². The van der Waals surface area contributed by atoms with Crippen LogP contribution in [0.1, 0.15) is 24.2 Å². The van der Waals surface area contributed by atoms with Crippen molar-refractivity contribution in [1.29, 1.82) is 0 Å². The highest BCUT2D eigenvalue weighted by Crippen LogP contribution is 2.35. The summed E-state index contributed by atoms with van der Waals surface area (Å²) >= 11 is 11.9. The van der Waals surface area contributed by atoms with E-state index in [1.165, 1.54) is 30.3 Å². The second kappa shape index (κ2) is 6.82. The topological polar surface area (TPSA) is 83.6 Å². The van der Waals surface area contributed by atoms with Gasteiger partial charge in [0.25, 0.3) is 5.91 Å². The fourth-order valence-corrected chi connectivity index (χ4v) is 5.36. The van der Waals surface area contributed by atoms with Crippen LogP contribution in [-0.4, -0.2) is 26.0 Å². The van der Waals surface area contributed by atoms with E-state index >= 15 is 0 Å². The fourth-order valence-electron chi connectivity index (χ4n) is 2.79. The largest absolute Gasteiger partial charge is 0.321 e. The molecule has 6 nitrogen and oxygen atoms in total. The number of nitrogens with zero attached hydrogens (tertiary/aromatic N) is 1. The van der Waals surface area contributed by atoms with E-state index < -0.39 is 27.3 Å². The van der Waals surface area contributed by atoms with Gasteiger partial charge in [0, 0.05) is 10.6 Å². The zero-order valence-electron chi connectivity index (χ0n) is 14.5. The Labute approximate surface area is 167 Å². The lowest BCUT2D eigenvalue weighted by Gasteiger charge is -2.17. The lowest BCUT2D eigenvalue weighted by atomic mass is 9.95. The van der Waals surface area contributed by atoms with Crippen molar-refractivity contribution in [2.24, 2.45) is 5.41 Å². The van der Waals surface area contributed by atoms with Gasteiger partial charge in [0.15, 0.2) is 0 Å². The van der Waals surface area contributed by atoms with Crippen molar-refractivity contribution in [3.05, 3.63) is 58.1 Å². The number of nitrogens with one attached hydrogen (secondary N) is 1. The van der Waals surface area contributed by atoms with Crippen molar-refractivity contribution in [3.8, 4) is 0 Å². The van der Waals surface area contributed by atoms with Gasteiger partial charge in [-0.3, -0.25) is 9.59 Å². The monoisotopic (exact) mass is 426 g/mol. The number of hydrogen-bond acceptors (Lipinski definition) is 4. The summed E-state index contributed by atoms with van der Waals surface area (Å²) in [5.41, 5.74) is -0.103. The Morgan fingerprint density at radius 3 is 2.26 bits per heavy atom. The molecule has 27 heavy (non-hydrogen) atoms. The highest BCUT2D eigenvalue weighted by Gasteiger charge is 2.49. The third kappa shape index (κ3) is 3.81. The first-order valence-electron chi connectivity index (χ1n) is 7.95. The lowest BCUT2D eigenvalue weighted by molar-refractivity contribution is -0.123. The number of halogens is 2. The molecule has 2 amide bonds. The average molecular weight is 427 g/mol. The van der Waals surface area contributed by atoms with Crippen molar-refractivity contribution < 1.29 is 18.0 Å². The van der Waals surface area contributed by atoms with E-state index in [-0.39, 0.29) is 17.0 Å². The van der Waals surface area contributed by atoms with Gasteiger partial charge in [-0.1, -0.05) is 23.2 Å². The van der Waals surface area contributed by atoms with Crippen LogP contribution in [0.15, 0.2) is 42.5 Å². The van der Waals surface area contributed by atoms with E-state index in [0.29, 0.717) is 15.7 Å². The molecule has 0 atom stereocenters. The first-order chi connectivity index (χ1) is 12.5. The molecule has 1 saturated heterocycles. The number of rotatable bonds is 3. The van der Waals surface area contributed by atoms with Gasteiger partial charge < -0.3 is 5.32 Å². The minimum Gasteiger partial charge on any atom is -0.321 e. The molecule has 1 heterocycles. The normalized spacial score (nSPS) is 17.8. The minimum atomic E-state index is -3.74. The van der Waals surface area contributed by atoms with Gasteiger partial charge >= 0.3 is 0 Å². The number of hydrogen-bond donors (Lipinski definition) is 1. The van der Waals surface area contributed by atoms with Crippen LogP contribution in [-0.2, 0) is 14.8 Å². The Kier molecular flexibility index (Phi) is 4.96. The average Bonchev–Trinajstić information content (AvgIpc) is 2.73. The molecule has 0 aromatic heterocycles. The van der Waals surface area contributed by atoms with E-state index in [4.69, 9.17) is 23.2 Å². The Balaban J connectivity index is 1.83. The molecule has 0 bridgehead atoms. The van der Waals surface area contributed by atoms with E-state index in [9.17, 15) is 18.0 Å². The van der Waals surface area contributed by atoms with Gasteiger partial charge in [0.05, 0.1) is 27.6 Å². The standard InChI is InChI=1S/C18H16Cl2N2O4S/c1-18(2)10-27(25,26)22(17(18)24)13-6-3-11(4-7-13)16(23)21-15-8-5-12(19)9-14(15)20/h3-9H,10H2,1-2H3,(H,21,23). The van der Waals surface area contributed by atoms with Crippen molar-refractivity contribution in [3.63, 3.8) is 0 Å². The summed E-state index contributed by atoms with van der Waals surface area (Å²) < 4.78 is 25.4. The third-order valence-electron chi connectivity index (χ3n) is 4.13. The second-order valence-corrected chi connectivity index (χ2v) is 9.50. The van der Waals surface area contributed by atoms with E-state index in [2.05, 4.69) is 5.32 Å². The molecule has 2 aromatic carbocycles. The maximum atomic E-state index is 12.4. The number of benzene rings is 2. The number of carbonyl (C=O) groups excluding carboxylic acids is 2. The molecule has 3 rings (SSSR count). The molecule has 1 aliphatic rings. The van der Waals surface area contributed by atoms with Gasteiger partial charge in [-0.15, -0.1) is 0 Å². The quantitative estimate of drug-likeness (QED) is 0.804. The molecule has 0 unspecified atom stereocenters. The molecular formula is C18H16Cl2N2O4S. The first-order valence-corrected chi connectivity index (χ1v) is 10.3. The molecule has 142 valence electrons. The van der Waals surface area contributed by atoms with Crippen LogP contribution in [0.4, 0.5) is 11.4 Å². The van der Waals surface area contributed by atoms with Crippen molar-refractivity contribution in [2.75, 3.05) is 15.4 Å². The zero-order chi connectivity index (χ0) is 20.0. The summed E-state index contributed by atoms with van der Waals surface area (Å²) in [4.78, 5) is 24.8. The van der Waals surface area contributed by atoms with Crippen LogP contribution in [0.25, 0.3) is 0 Å². The molecule has 0 spiro atoms. The first kappa shape index (κ1) is 19.7. The van der Waals surface area contributed by atoms with Gasteiger partial charge in [0.2, 0.25) is 15.9 Å². The van der Waals surface area contributed by atoms with Crippen LogP contribution in [0.5, 0.6) is 0 Å². The molecule has 0 saturated carbocycles. The van der Waals surface area contributed by atoms with E-state index in [1.54, 1.807) is 26.0 Å². The zero-order valence-corrected chi connectivity index (χ0v) is 16.8. The smallest absolute Gasteiger partial charge is 0.255 e. The van der Waals surface area contributed by atoms with Gasteiger partial charge in [-0.05, 0) is 56.3 Å². The van der Waals surface area contributed by atoms with E-state index in [1.807, 2.05) is 0 Å². The minimum absolute atomic E-state index is 0.201. The summed E-state index contributed by atoms with van der Waals surface area (Å²) in [6.07, 6.45) is 0. The van der Waals surface area contributed by atoms with Crippen LogP contribution < -0.4 is 9.62 Å². The molecule has 0 radical (unpaired) electrons. The second-order valence-electron chi connectivity index (χ2n) is 6.83. The van der Waals surface area contributed by atoms with Gasteiger partial charge in [-0.2, -0.15) is 0 Å². The maximum Gasteiger partial charge on any atom is 0.255 e. The van der Waals surface area contributed by atoms with Crippen LogP contribution in [0.3, 0.4) is 0 Å². The van der Waals surface area contributed by atoms with Crippen LogP contribution in [0, 0.1) is 5.41 Å². The molecular weight excluding hydrogens is 411 g/mol. The molecule has 1 fully saturated rings. The Bertz CT molecular complexity index is 1030. The summed E-state index contributed by atoms with van der Waals surface area (Å²) in [5.74, 6) is -1.18. The predicted octanol–water partition coefficient (Wildman–Crippen LogP) is 3.95. The summed E-state index contributed by atoms with van der Waals surface area (Å²) in [5, 5.41) is 3.39. The molecule has 1 N–H and O–H groups in total. The Morgan fingerprint density at radius 1 is 1.11 bits per heavy atom. The molecule has 0 aliphatic carbocycles. The Hall–Kier alpha value is -2.09. The fraction of sp³-hybridized carbons (Fsp3) is 0.222. The lowest BCUT2D eigenvalue weighted by Crippen LogP contribution is -2.32. The summed E-state index contributed by atoms with van der Waals surface area (Å²) in [6.45, 7) is 3.18. The summed E-state index contributed by atoms with van der Waals surface area (Å²) in [6, 6.07) is 10.4. The molecule has 1 aliphatic heterocycles. The number of amides is 2. The highest BCUT2D eigenvalue weighted by atomic mass is 35.5. The van der Waals surface area contributed by atoms with Crippen LogP contribution >= 0.6 is 23.2 Å².